The van der Waals surface area contributed by atoms with E-state index >= 15 is 0 Å². The molecule has 0 unspecified atom stereocenters. The van der Waals surface area contributed by atoms with Crippen molar-refractivity contribution in [2.75, 3.05) is 6.61 Å². The molecule has 0 bridgehead atoms. The van der Waals surface area contributed by atoms with Crippen LogP contribution in [0.2, 0.25) is 0 Å². The molecule has 0 saturated heterocycles. The van der Waals surface area contributed by atoms with Crippen molar-refractivity contribution in [3.05, 3.63) is 30.0 Å². The third kappa shape index (κ3) is 1.61. The highest BCUT2D eigenvalue weighted by Crippen LogP contribution is 2.13. The minimum absolute atomic E-state index is 0.103. The molecule has 0 aliphatic heterocycles. The minimum atomic E-state index is 0.103. The number of H-pyrrole nitrogens is 1. The minimum Gasteiger partial charge on any atom is -0.395 e. The molecular weight excluding hydrogens is 176 g/mol. The molecule has 1 aromatic carbocycles. The van der Waals surface area contributed by atoms with E-state index in [9.17, 15) is 0 Å². The Balaban J connectivity index is 2.43. The van der Waals surface area contributed by atoms with Gasteiger partial charge >= 0.3 is 0 Å². The number of hydrogen-bond donors (Lipinski definition) is 2. The summed E-state index contributed by atoms with van der Waals surface area (Å²) in [5, 5.41) is 16.5. The number of benzene rings is 1. The van der Waals surface area contributed by atoms with Crippen LogP contribution in [-0.4, -0.2) is 21.9 Å². The SMILES string of the molecule is OCCC#Cc1cccc2cn[nH]c12. The van der Waals surface area contributed by atoms with Crippen LogP contribution in [0.3, 0.4) is 0 Å². The lowest BCUT2D eigenvalue weighted by Crippen LogP contribution is -1.80. The molecule has 0 radical (unpaired) electrons. The fourth-order valence-corrected chi connectivity index (χ4v) is 1.29. The number of rotatable bonds is 1. The van der Waals surface area contributed by atoms with Crippen molar-refractivity contribution < 1.29 is 5.11 Å². The molecule has 3 heteroatoms. The van der Waals surface area contributed by atoms with Gasteiger partial charge in [0.15, 0.2) is 0 Å². The molecule has 14 heavy (non-hydrogen) atoms. The van der Waals surface area contributed by atoms with Gasteiger partial charge in [-0.05, 0) is 6.07 Å². The second-order valence-electron chi connectivity index (χ2n) is 2.92. The summed E-state index contributed by atoms with van der Waals surface area (Å²) in [6.07, 6.45) is 2.27. The number of hydrogen-bond acceptors (Lipinski definition) is 2. The molecule has 0 spiro atoms. The number of aromatic nitrogens is 2. The average Bonchev–Trinajstić information content (AvgIpc) is 2.67. The Morgan fingerprint density at radius 2 is 2.36 bits per heavy atom. The largest absolute Gasteiger partial charge is 0.395 e. The fourth-order valence-electron chi connectivity index (χ4n) is 1.29. The second kappa shape index (κ2) is 3.95. The van der Waals surface area contributed by atoms with Crippen LogP contribution in [0.15, 0.2) is 24.4 Å². The first-order valence-electron chi connectivity index (χ1n) is 4.43. The smallest absolute Gasteiger partial charge is 0.0806 e. The van der Waals surface area contributed by atoms with Crippen LogP contribution in [0.5, 0.6) is 0 Å². The lowest BCUT2D eigenvalue weighted by Gasteiger charge is -1.91. The third-order valence-corrected chi connectivity index (χ3v) is 1.94. The standard InChI is InChI=1S/C11H10N2O/c14-7-2-1-4-9-5-3-6-10-8-12-13-11(9)10/h3,5-6,8,14H,2,7H2,(H,12,13). The molecule has 2 rings (SSSR count). The Morgan fingerprint density at radius 1 is 1.43 bits per heavy atom. The zero-order chi connectivity index (χ0) is 9.80. The monoisotopic (exact) mass is 186 g/mol. The quantitative estimate of drug-likeness (QED) is 0.659. The van der Waals surface area contributed by atoms with Gasteiger partial charge in [-0.15, -0.1) is 0 Å². The van der Waals surface area contributed by atoms with E-state index in [0.717, 1.165) is 16.5 Å². The Hall–Kier alpha value is -1.79. The second-order valence-corrected chi connectivity index (χ2v) is 2.92. The zero-order valence-corrected chi connectivity index (χ0v) is 7.62. The summed E-state index contributed by atoms with van der Waals surface area (Å²) < 4.78 is 0. The Morgan fingerprint density at radius 3 is 3.21 bits per heavy atom. The number of aliphatic hydroxyl groups is 1. The Labute approximate surface area is 81.8 Å². The Bertz CT molecular complexity index is 490. The van der Waals surface area contributed by atoms with E-state index < -0.39 is 0 Å². The van der Waals surface area contributed by atoms with Gasteiger partial charge in [0.1, 0.15) is 0 Å². The summed E-state index contributed by atoms with van der Waals surface area (Å²) in [4.78, 5) is 0. The van der Waals surface area contributed by atoms with Crippen molar-refractivity contribution >= 4 is 10.9 Å². The summed E-state index contributed by atoms with van der Waals surface area (Å²) in [6.45, 7) is 0.103. The van der Waals surface area contributed by atoms with Gasteiger partial charge in [0, 0.05) is 11.8 Å². The molecule has 0 aliphatic rings. The van der Waals surface area contributed by atoms with Crippen molar-refractivity contribution in [2.45, 2.75) is 6.42 Å². The average molecular weight is 186 g/mol. The van der Waals surface area contributed by atoms with E-state index in [0.29, 0.717) is 6.42 Å². The molecule has 70 valence electrons. The van der Waals surface area contributed by atoms with Crippen molar-refractivity contribution in [1.82, 2.24) is 10.2 Å². The molecule has 0 fully saturated rings. The number of aliphatic hydroxyl groups excluding tert-OH is 1. The fraction of sp³-hybridized carbons (Fsp3) is 0.182. The van der Waals surface area contributed by atoms with E-state index in [1.165, 1.54) is 0 Å². The van der Waals surface area contributed by atoms with Gasteiger partial charge in [-0.2, -0.15) is 5.10 Å². The van der Waals surface area contributed by atoms with Crippen LogP contribution in [0.1, 0.15) is 12.0 Å². The predicted molar refractivity (Wildman–Crippen MR) is 54.7 cm³/mol. The van der Waals surface area contributed by atoms with Gasteiger partial charge in [-0.3, -0.25) is 5.10 Å². The number of fused-ring (bicyclic) bond motifs is 1. The van der Waals surface area contributed by atoms with Gasteiger partial charge in [0.2, 0.25) is 0 Å². The van der Waals surface area contributed by atoms with Gasteiger partial charge < -0.3 is 5.11 Å². The van der Waals surface area contributed by atoms with E-state index in [4.69, 9.17) is 5.11 Å². The maximum absolute atomic E-state index is 8.59. The Kier molecular flexibility index (Phi) is 2.48. The maximum Gasteiger partial charge on any atom is 0.0806 e. The molecule has 0 amide bonds. The summed E-state index contributed by atoms with van der Waals surface area (Å²) >= 11 is 0. The first-order valence-corrected chi connectivity index (χ1v) is 4.43. The first-order chi connectivity index (χ1) is 6.92. The normalized spacial score (nSPS) is 9.79. The zero-order valence-electron chi connectivity index (χ0n) is 7.62. The van der Waals surface area contributed by atoms with Crippen molar-refractivity contribution in [2.24, 2.45) is 0 Å². The van der Waals surface area contributed by atoms with Crippen LogP contribution in [-0.2, 0) is 0 Å². The van der Waals surface area contributed by atoms with Crippen LogP contribution in [0.25, 0.3) is 10.9 Å². The summed E-state index contributed by atoms with van der Waals surface area (Å²) in [5.74, 6) is 5.88. The number of aromatic amines is 1. The molecule has 2 N–H and O–H groups in total. The molecule has 0 atom stereocenters. The maximum atomic E-state index is 8.59. The van der Waals surface area contributed by atoms with E-state index in [1.54, 1.807) is 6.20 Å². The molecule has 1 heterocycles. The first kappa shape index (κ1) is 8.79. The molecule has 0 aliphatic carbocycles. The highest BCUT2D eigenvalue weighted by Gasteiger charge is 1.98. The van der Waals surface area contributed by atoms with Crippen molar-refractivity contribution in [3.8, 4) is 11.8 Å². The van der Waals surface area contributed by atoms with Crippen LogP contribution >= 0.6 is 0 Å². The predicted octanol–water partition coefficient (Wildman–Crippen LogP) is 1.30. The summed E-state index contributed by atoms with van der Waals surface area (Å²) in [7, 11) is 0. The highest BCUT2D eigenvalue weighted by atomic mass is 16.2. The van der Waals surface area contributed by atoms with Crippen LogP contribution < -0.4 is 0 Å². The van der Waals surface area contributed by atoms with Gasteiger partial charge in [-0.25, -0.2) is 0 Å². The highest BCUT2D eigenvalue weighted by molar-refractivity contribution is 5.83. The lowest BCUT2D eigenvalue weighted by atomic mass is 10.1. The van der Waals surface area contributed by atoms with Gasteiger partial charge in [0.05, 0.1) is 23.9 Å². The van der Waals surface area contributed by atoms with E-state index in [-0.39, 0.29) is 6.61 Å². The molecular formula is C11H10N2O. The molecule has 0 saturated carbocycles. The third-order valence-electron chi connectivity index (χ3n) is 1.94. The summed E-state index contributed by atoms with van der Waals surface area (Å²) in [6, 6.07) is 5.86. The van der Waals surface area contributed by atoms with Crippen LogP contribution in [0.4, 0.5) is 0 Å². The van der Waals surface area contributed by atoms with Gasteiger partial charge in [0.25, 0.3) is 0 Å². The summed E-state index contributed by atoms with van der Waals surface area (Å²) in [5.41, 5.74) is 1.88. The van der Waals surface area contributed by atoms with E-state index in [1.807, 2.05) is 18.2 Å². The lowest BCUT2D eigenvalue weighted by molar-refractivity contribution is 0.305. The van der Waals surface area contributed by atoms with Gasteiger partial charge in [-0.1, -0.05) is 24.0 Å². The van der Waals surface area contributed by atoms with E-state index in [2.05, 4.69) is 22.0 Å². The molecule has 2 aromatic rings. The number of nitrogens with zero attached hydrogens (tertiary/aromatic N) is 1. The molecule has 1 aromatic heterocycles. The molecule has 3 nitrogen and oxygen atoms in total. The van der Waals surface area contributed by atoms with Crippen molar-refractivity contribution in [3.63, 3.8) is 0 Å². The van der Waals surface area contributed by atoms with Crippen molar-refractivity contribution in [1.29, 1.82) is 0 Å². The van der Waals surface area contributed by atoms with Crippen LogP contribution in [0, 0.1) is 11.8 Å². The topological polar surface area (TPSA) is 48.9 Å². The number of para-hydroxylation sites is 1. The number of nitrogens with one attached hydrogen (secondary N) is 1.